The van der Waals surface area contributed by atoms with Crippen LogP contribution in [0.4, 0.5) is 0 Å². The van der Waals surface area contributed by atoms with Gasteiger partial charge in [0.25, 0.3) is 0 Å². The standard InChI is InChI=1S/C24H29NO6/c1-28-17-3-4-18-19(26)14-24(31-22(18)13-17)6-8-25(9-7-24)15-20(27)16-2-5-21-23(12-16)30-11-10-29-21/h2-5,12-13,19-20,26-27H,6-11,14-15H2,1H3. The van der Waals surface area contributed by atoms with E-state index in [0.29, 0.717) is 37.7 Å². The molecule has 3 heterocycles. The molecule has 0 aromatic heterocycles. The molecule has 2 unspecified atom stereocenters. The van der Waals surface area contributed by atoms with E-state index >= 15 is 0 Å². The first-order valence-corrected chi connectivity index (χ1v) is 10.9. The Kier molecular flexibility index (Phi) is 5.42. The van der Waals surface area contributed by atoms with Crippen LogP contribution in [-0.4, -0.2) is 60.7 Å². The fraction of sp³-hybridized carbons (Fsp3) is 0.500. The van der Waals surface area contributed by atoms with Crippen molar-refractivity contribution in [1.82, 2.24) is 4.90 Å². The second-order valence-corrected chi connectivity index (χ2v) is 8.63. The number of benzene rings is 2. The fourth-order valence-electron chi connectivity index (χ4n) is 4.81. The SMILES string of the molecule is COc1ccc2c(c1)OC1(CCN(CC(O)c3ccc4c(c3)OCCO4)CC1)CC2O. The molecule has 0 bridgehead atoms. The number of aliphatic hydroxyl groups excluding tert-OH is 2. The predicted molar refractivity (Wildman–Crippen MR) is 114 cm³/mol. The highest BCUT2D eigenvalue weighted by atomic mass is 16.6. The highest BCUT2D eigenvalue weighted by Crippen LogP contribution is 2.45. The molecule has 1 saturated heterocycles. The minimum atomic E-state index is -0.604. The van der Waals surface area contributed by atoms with Crippen LogP contribution in [0.1, 0.15) is 42.6 Å². The molecular formula is C24H29NO6. The van der Waals surface area contributed by atoms with Gasteiger partial charge >= 0.3 is 0 Å². The average Bonchev–Trinajstić information content (AvgIpc) is 2.80. The van der Waals surface area contributed by atoms with Crippen molar-refractivity contribution < 1.29 is 29.2 Å². The largest absolute Gasteiger partial charge is 0.497 e. The van der Waals surface area contributed by atoms with Gasteiger partial charge in [-0.05, 0) is 42.7 Å². The van der Waals surface area contributed by atoms with Gasteiger partial charge in [0, 0.05) is 37.7 Å². The number of hydrogen-bond acceptors (Lipinski definition) is 7. The summed E-state index contributed by atoms with van der Waals surface area (Å²) in [5.41, 5.74) is 1.27. The van der Waals surface area contributed by atoms with E-state index in [0.717, 1.165) is 48.6 Å². The van der Waals surface area contributed by atoms with Gasteiger partial charge in [0.15, 0.2) is 11.5 Å². The van der Waals surface area contributed by atoms with Crippen molar-refractivity contribution in [3.05, 3.63) is 47.5 Å². The lowest BCUT2D eigenvalue weighted by molar-refractivity contribution is -0.0588. The zero-order chi connectivity index (χ0) is 21.4. The Hall–Kier alpha value is -2.48. The van der Waals surface area contributed by atoms with Crippen molar-refractivity contribution in [1.29, 1.82) is 0 Å². The lowest BCUT2D eigenvalue weighted by Crippen LogP contribution is -2.51. The van der Waals surface area contributed by atoms with Crippen LogP contribution in [0.2, 0.25) is 0 Å². The van der Waals surface area contributed by atoms with E-state index in [4.69, 9.17) is 18.9 Å². The summed E-state index contributed by atoms with van der Waals surface area (Å²) in [5, 5.41) is 21.5. The van der Waals surface area contributed by atoms with Crippen LogP contribution in [-0.2, 0) is 0 Å². The molecule has 7 nitrogen and oxygen atoms in total. The first-order chi connectivity index (χ1) is 15.0. The minimum absolute atomic E-state index is 0.378. The maximum Gasteiger partial charge on any atom is 0.161 e. The molecule has 1 fully saturated rings. The highest BCUT2D eigenvalue weighted by molar-refractivity contribution is 5.45. The van der Waals surface area contributed by atoms with Gasteiger partial charge in [-0.3, -0.25) is 0 Å². The van der Waals surface area contributed by atoms with E-state index in [2.05, 4.69) is 4.90 Å². The quantitative estimate of drug-likeness (QED) is 0.777. The molecule has 2 aromatic rings. The molecule has 2 aromatic carbocycles. The summed E-state index contributed by atoms with van der Waals surface area (Å²) in [6.45, 7) is 3.23. The van der Waals surface area contributed by atoms with Crippen molar-refractivity contribution in [3.63, 3.8) is 0 Å². The third kappa shape index (κ3) is 4.05. The van der Waals surface area contributed by atoms with Gasteiger partial charge in [0.2, 0.25) is 0 Å². The number of ether oxygens (including phenoxy) is 4. The number of nitrogens with zero attached hydrogens (tertiary/aromatic N) is 1. The number of hydrogen-bond donors (Lipinski definition) is 2. The summed E-state index contributed by atoms with van der Waals surface area (Å²) in [6.07, 6.45) is 1.05. The van der Waals surface area contributed by atoms with Gasteiger partial charge in [-0.25, -0.2) is 0 Å². The number of rotatable bonds is 4. The maximum atomic E-state index is 10.8. The molecule has 7 heteroatoms. The Balaban J connectivity index is 1.22. The van der Waals surface area contributed by atoms with Gasteiger partial charge in [-0.15, -0.1) is 0 Å². The molecule has 2 atom stereocenters. The smallest absolute Gasteiger partial charge is 0.161 e. The van der Waals surface area contributed by atoms with Crippen molar-refractivity contribution >= 4 is 0 Å². The molecule has 5 rings (SSSR count). The molecule has 31 heavy (non-hydrogen) atoms. The summed E-state index contributed by atoms with van der Waals surface area (Å²) in [7, 11) is 1.63. The Morgan fingerprint density at radius 3 is 2.61 bits per heavy atom. The van der Waals surface area contributed by atoms with E-state index in [1.54, 1.807) is 7.11 Å². The van der Waals surface area contributed by atoms with E-state index in [1.165, 1.54) is 0 Å². The first-order valence-electron chi connectivity index (χ1n) is 10.9. The third-order valence-electron chi connectivity index (χ3n) is 6.62. The van der Waals surface area contributed by atoms with E-state index in [9.17, 15) is 10.2 Å². The molecule has 3 aliphatic rings. The van der Waals surface area contributed by atoms with Crippen LogP contribution < -0.4 is 18.9 Å². The van der Waals surface area contributed by atoms with Gasteiger partial charge in [0.1, 0.15) is 30.3 Å². The molecule has 166 valence electrons. The number of methoxy groups -OCH3 is 1. The number of fused-ring (bicyclic) bond motifs is 2. The second kappa shape index (κ2) is 8.22. The number of aliphatic hydroxyl groups is 2. The molecule has 2 N–H and O–H groups in total. The van der Waals surface area contributed by atoms with Crippen LogP contribution in [0.25, 0.3) is 0 Å². The Labute approximate surface area is 182 Å². The number of β-amino-alcohol motifs (C(OH)–C–C–N with tert-alkyl or cyclic N) is 1. The number of piperidine rings is 1. The summed E-state index contributed by atoms with van der Waals surface area (Å²) < 4.78 is 22.9. The number of likely N-dealkylation sites (tertiary alicyclic amines) is 1. The Morgan fingerprint density at radius 2 is 1.84 bits per heavy atom. The summed E-state index contributed by atoms with van der Waals surface area (Å²) >= 11 is 0. The van der Waals surface area contributed by atoms with Crippen LogP contribution in [0.15, 0.2) is 36.4 Å². The Bertz CT molecular complexity index is 940. The molecule has 3 aliphatic heterocycles. The minimum Gasteiger partial charge on any atom is -0.497 e. The van der Waals surface area contributed by atoms with Crippen molar-refractivity contribution in [2.75, 3.05) is 40.0 Å². The molecule has 0 aliphatic carbocycles. The molecule has 1 spiro atoms. The molecule has 0 amide bonds. The van der Waals surface area contributed by atoms with Crippen LogP contribution >= 0.6 is 0 Å². The third-order valence-corrected chi connectivity index (χ3v) is 6.62. The Morgan fingerprint density at radius 1 is 1.06 bits per heavy atom. The van der Waals surface area contributed by atoms with Gasteiger partial charge in [-0.1, -0.05) is 6.07 Å². The van der Waals surface area contributed by atoms with Crippen molar-refractivity contribution in [2.45, 2.75) is 37.1 Å². The van der Waals surface area contributed by atoms with Gasteiger partial charge in [0.05, 0.1) is 19.3 Å². The fourth-order valence-corrected chi connectivity index (χ4v) is 4.81. The van der Waals surface area contributed by atoms with E-state index in [1.807, 2.05) is 36.4 Å². The van der Waals surface area contributed by atoms with Crippen LogP contribution in [0.3, 0.4) is 0 Å². The molecule has 0 saturated carbocycles. The normalized spacial score (nSPS) is 23.0. The maximum absolute atomic E-state index is 10.8. The van der Waals surface area contributed by atoms with Gasteiger partial charge < -0.3 is 34.1 Å². The van der Waals surface area contributed by atoms with E-state index in [-0.39, 0.29) is 5.60 Å². The molecular weight excluding hydrogens is 398 g/mol. The predicted octanol–water partition coefficient (Wildman–Crippen LogP) is 2.85. The zero-order valence-corrected chi connectivity index (χ0v) is 17.8. The monoisotopic (exact) mass is 427 g/mol. The zero-order valence-electron chi connectivity index (χ0n) is 17.8. The lowest BCUT2D eigenvalue weighted by atomic mass is 9.81. The van der Waals surface area contributed by atoms with Crippen LogP contribution in [0, 0.1) is 0 Å². The highest BCUT2D eigenvalue weighted by Gasteiger charge is 2.43. The lowest BCUT2D eigenvalue weighted by Gasteiger charge is -2.46. The average molecular weight is 427 g/mol. The van der Waals surface area contributed by atoms with Crippen molar-refractivity contribution in [2.24, 2.45) is 0 Å². The van der Waals surface area contributed by atoms with Crippen LogP contribution in [0.5, 0.6) is 23.0 Å². The summed E-state index contributed by atoms with van der Waals surface area (Å²) in [5.74, 6) is 2.86. The van der Waals surface area contributed by atoms with E-state index < -0.39 is 12.2 Å². The van der Waals surface area contributed by atoms with Crippen molar-refractivity contribution in [3.8, 4) is 23.0 Å². The summed E-state index contributed by atoms with van der Waals surface area (Å²) in [4.78, 5) is 2.25. The first kappa shape index (κ1) is 20.4. The van der Waals surface area contributed by atoms with Gasteiger partial charge in [-0.2, -0.15) is 0 Å². The topological polar surface area (TPSA) is 80.6 Å². The molecule has 0 radical (unpaired) electrons. The second-order valence-electron chi connectivity index (χ2n) is 8.63. The summed E-state index contributed by atoms with van der Waals surface area (Å²) in [6, 6.07) is 11.2.